The quantitative estimate of drug-likeness (QED) is 0.759. The summed E-state index contributed by atoms with van der Waals surface area (Å²) in [6, 6.07) is 3.24. The minimum Gasteiger partial charge on any atom is -0.281 e. The second-order valence-corrected chi connectivity index (χ2v) is 4.46. The van der Waals surface area contributed by atoms with Gasteiger partial charge in [-0.3, -0.25) is 9.59 Å². The van der Waals surface area contributed by atoms with Crippen molar-refractivity contribution in [1.29, 1.82) is 0 Å². The van der Waals surface area contributed by atoms with Crippen molar-refractivity contribution in [3.05, 3.63) is 22.4 Å². The zero-order valence-electron chi connectivity index (χ0n) is 9.32. The molecule has 1 aromatic rings. The van der Waals surface area contributed by atoms with E-state index in [0.29, 0.717) is 16.6 Å². The second kappa shape index (κ2) is 4.79. The highest BCUT2D eigenvalue weighted by molar-refractivity contribution is 8.15. The molecule has 1 aromatic heterocycles. The van der Waals surface area contributed by atoms with E-state index in [0.717, 1.165) is 0 Å². The molecule has 5 heteroatoms. The van der Waals surface area contributed by atoms with Crippen molar-refractivity contribution in [1.82, 2.24) is 0 Å². The molecule has 0 N–H and O–H groups in total. The molecule has 0 aromatic carbocycles. The van der Waals surface area contributed by atoms with Crippen LogP contribution in [0.2, 0.25) is 0 Å². The normalized spacial score (nSPS) is 16.8. The maximum Gasteiger partial charge on any atom is 0.234 e. The smallest absolute Gasteiger partial charge is 0.234 e. The van der Waals surface area contributed by atoms with Crippen molar-refractivity contribution in [2.45, 2.75) is 12.1 Å². The predicted molar refractivity (Wildman–Crippen MR) is 56.6 cm³/mol. The van der Waals surface area contributed by atoms with Gasteiger partial charge in [-0.05, 0) is 29.9 Å². The van der Waals surface area contributed by atoms with Crippen LogP contribution in [-0.2, 0) is 4.79 Å². The Labute approximate surface area is 93.5 Å². The minimum absolute atomic E-state index is 0.400. The summed E-state index contributed by atoms with van der Waals surface area (Å²) in [5.41, 5.74) is 0. The highest BCUT2D eigenvalue weighted by atomic mass is 35.5. The molecule has 70 valence electrons. The Bertz CT molecular complexity index is 388. The van der Waals surface area contributed by atoms with Crippen molar-refractivity contribution in [3.63, 3.8) is 0 Å². The van der Waals surface area contributed by atoms with Crippen molar-refractivity contribution >= 4 is 45.1 Å². The van der Waals surface area contributed by atoms with Gasteiger partial charge in [0, 0.05) is 4.11 Å². The third-order valence-corrected chi connectivity index (χ3v) is 3.38. The summed E-state index contributed by atoms with van der Waals surface area (Å²) in [6.07, 6.45) is 0. The monoisotopic (exact) mass is 237 g/mol. The third kappa shape index (κ3) is 3.14. The van der Waals surface area contributed by atoms with Crippen LogP contribution >= 0.6 is 34.7 Å². The van der Waals surface area contributed by atoms with E-state index in [9.17, 15) is 9.59 Å². The molecule has 1 rings (SSSR count). The molecule has 0 aliphatic rings. The molecular formula is C8H7ClO2S2. The molecule has 1 heterocycles. The highest BCUT2D eigenvalue weighted by Gasteiger charge is 2.17. The predicted octanol–water partition coefficient (Wildman–Crippen LogP) is 2.78. The van der Waals surface area contributed by atoms with Gasteiger partial charge >= 0.3 is 0 Å². The Morgan fingerprint density at radius 3 is 3.00 bits per heavy atom. The number of halogens is 1. The molecule has 0 saturated heterocycles. The summed E-state index contributed by atoms with van der Waals surface area (Å²) in [4.78, 5) is 22.9. The SMILES string of the molecule is [2H]C([2H])([2H])C(SC(=O)c1cccs1)C(=O)Cl. The molecule has 1 unspecified atom stereocenters. The Morgan fingerprint density at radius 2 is 2.54 bits per heavy atom. The number of carbonyl (C=O) groups is 2. The molecule has 1 atom stereocenters. The Kier molecular flexibility index (Phi) is 2.59. The first-order valence-electron chi connectivity index (χ1n) is 4.76. The number of rotatable bonds is 3. The van der Waals surface area contributed by atoms with Crippen LogP contribution in [0.5, 0.6) is 0 Å². The lowest BCUT2D eigenvalue weighted by atomic mass is 10.5. The van der Waals surface area contributed by atoms with Crippen LogP contribution < -0.4 is 0 Å². The molecule has 0 spiro atoms. The van der Waals surface area contributed by atoms with Gasteiger partial charge in [-0.2, -0.15) is 0 Å². The number of thiophene rings is 1. The second-order valence-electron chi connectivity index (χ2n) is 2.07. The lowest BCUT2D eigenvalue weighted by Gasteiger charge is -2.01. The van der Waals surface area contributed by atoms with Gasteiger partial charge in [-0.1, -0.05) is 17.8 Å². The first-order chi connectivity index (χ1) is 7.32. The lowest BCUT2D eigenvalue weighted by molar-refractivity contribution is -0.111. The largest absolute Gasteiger partial charge is 0.281 e. The lowest BCUT2D eigenvalue weighted by Crippen LogP contribution is -2.08. The van der Waals surface area contributed by atoms with Crippen molar-refractivity contribution in [2.75, 3.05) is 0 Å². The summed E-state index contributed by atoms with van der Waals surface area (Å²) in [5.74, 6) is 0. The van der Waals surface area contributed by atoms with Crippen LogP contribution in [0.25, 0.3) is 0 Å². The van der Waals surface area contributed by atoms with Gasteiger partial charge in [0.1, 0.15) is 0 Å². The van der Waals surface area contributed by atoms with Gasteiger partial charge in [0.2, 0.25) is 10.4 Å². The molecule has 2 nitrogen and oxygen atoms in total. The van der Waals surface area contributed by atoms with E-state index in [2.05, 4.69) is 0 Å². The van der Waals surface area contributed by atoms with Crippen LogP contribution in [0.1, 0.15) is 20.6 Å². The van der Waals surface area contributed by atoms with Crippen molar-refractivity contribution < 1.29 is 13.7 Å². The molecule has 0 aliphatic carbocycles. The standard InChI is InChI=1S/C8H7ClO2S2/c1-5(7(9)10)13-8(11)6-3-2-4-12-6/h2-5H,1H3/i1D3. The fourth-order valence-corrected chi connectivity index (χ4v) is 2.08. The molecule has 0 saturated carbocycles. The van der Waals surface area contributed by atoms with Crippen LogP contribution in [0.4, 0.5) is 0 Å². The van der Waals surface area contributed by atoms with Crippen molar-refractivity contribution in [3.8, 4) is 0 Å². The molecule has 0 aliphatic heterocycles. The van der Waals surface area contributed by atoms with E-state index >= 15 is 0 Å². The minimum atomic E-state index is -2.57. The molecule has 0 radical (unpaired) electrons. The van der Waals surface area contributed by atoms with E-state index in [4.69, 9.17) is 15.7 Å². The number of hydrogen-bond acceptors (Lipinski definition) is 4. The van der Waals surface area contributed by atoms with Crippen LogP contribution in [0.3, 0.4) is 0 Å². The van der Waals surface area contributed by atoms with Gasteiger partial charge in [0.05, 0.1) is 10.1 Å². The fraction of sp³-hybridized carbons (Fsp3) is 0.250. The summed E-state index contributed by atoms with van der Waals surface area (Å²) in [7, 11) is 0. The molecule has 0 bridgehead atoms. The van der Waals surface area contributed by atoms with Crippen LogP contribution in [0.15, 0.2) is 17.5 Å². The first kappa shape index (κ1) is 7.04. The summed E-state index contributed by atoms with van der Waals surface area (Å²) < 4.78 is 21.3. The van der Waals surface area contributed by atoms with Gasteiger partial charge in [0.15, 0.2) is 0 Å². The van der Waals surface area contributed by atoms with E-state index in [-0.39, 0.29) is 0 Å². The van der Waals surface area contributed by atoms with E-state index < -0.39 is 22.5 Å². The molecule has 0 fully saturated rings. The average molecular weight is 238 g/mol. The molecular weight excluding hydrogens is 228 g/mol. The Morgan fingerprint density at radius 1 is 1.77 bits per heavy atom. The molecule has 13 heavy (non-hydrogen) atoms. The van der Waals surface area contributed by atoms with E-state index in [1.165, 1.54) is 11.3 Å². The van der Waals surface area contributed by atoms with Gasteiger partial charge < -0.3 is 0 Å². The highest BCUT2D eigenvalue weighted by Crippen LogP contribution is 2.22. The van der Waals surface area contributed by atoms with Crippen LogP contribution in [-0.4, -0.2) is 15.6 Å². The maximum atomic E-state index is 11.6. The van der Waals surface area contributed by atoms with Crippen LogP contribution in [0, 0.1) is 0 Å². The van der Waals surface area contributed by atoms with E-state index in [1.807, 2.05) is 0 Å². The number of hydrogen-bond donors (Lipinski definition) is 0. The number of carbonyl (C=O) groups excluding carboxylic acids is 2. The zero-order valence-corrected chi connectivity index (χ0v) is 8.71. The topological polar surface area (TPSA) is 34.1 Å². The number of thioether (sulfide) groups is 1. The van der Waals surface area contributed by atoms with Gasteiger partial charge in [-0.15, -0.1) is 11.3 Å². The first-order valence-corrected chi connectivity index (χ1v) is 5.40. The summed E-state index contributed by atoms with van der Waals surface area (Å²) in [5, 5.41) is -1.30. The van der Waals surface area contributed by atoms with E-state index in [1.54, 1.807) is 17.5 Å². The Balaban J connectivity index is 2.78. The zero-order chi connectivity index (χ0) is 12.3. The van der Waals surface area contributed by atoms with Crippen molar-refractivity contribution in [2.24, 2.45) is 0 Å². The van der Waals surface area contributed by atoms with Gasteiger partial charge in [0.25, 0.3) is 0 Å². The van der Waals surface area contributed by atoms with Gasteiger partial charge in [-0.25, -0.2) is 0 Å². The third-order valence-electron chi connectivity index (χ3n) is 1.15. The summed E-state index contributed by atoms with van der Waals surface area (Å²) >= 11 is 6.80. The average Bonchev–Trinajstić information content (AvgIpc) is 2.63. The maximum absolute atomic E-state index is 11.6. The molecule has 0 amide bonds. The fourth-order valence-electron chi connectivity index (χ4n) is 0.606. The summed E-state index contributed by atoms with van der Waals surface area (Å²) in [6.45, 7) is -2.57. The Hall–Kier alpha value is -0.320.